The monoisotopic (exact) mass is 222 g/mol. The second-order valence-corrected chi connectivity index (χ2v) is 4.26. The molecule has 0 aliphatic heterocycles. The van der Waals surface area contributed by atoms with Gasteiger partial charge in [0, 0.05) is 0 Å². The minimum Gasteiger partial charge on any atom is -0.312 e. The molecule has 0 unspecified atom stereocenters. The number of rotatable bonds is 1. The van der Waals surface area contributed by atoms with Crippen LogP contribution in [-0.4, -0.2) is 0 Å². The molecular weight excluding hydrogens is 208 g/mol. The van der Waals surface area contributed by atoms with E-state index in [0.29, 0.717) is 0 Å². The van der Waals surface area contributed by atoms with Crippen molar-refractivity contribution in [1.82, 2.24) is 0 Å². The van der Waals surface area contributed by atoms with E-state index in [2.05, 4.69) is 30.3 Å². The van der Waals surface area contributed by atoms with Gasteiger partial charge in [-0.15, -0.1) is 0 Å². The maximum absolute atomic E-state index is 5.92. The fraction of sp³-hybridized carbons (Fsp3) is 0.0667. The molecule has 0 heterocycles. The van der Waals surface area contributed by atoms with Crippen LogP contribution < -0.4 is 11.5 Å². The van der Waals surface area contributed by atoms with E-state index in [9.17, 15) is 0 Å². The molecule has 0 amide bonds. The largest absolute Gasteiger partial charge is 0.312 e. The van der Waals surface area contributed by atoms with E-state index in [1.54, 1.807) is 0 Å². The predicted octanol–water partition coefficient (Wildman–Crippen LogP) is 2.91. The zero-order chi connectivity index (χ0) is 11.8. The lowest BCUT2D eigenvalue weighted by molar-refractivity contribution is 0.788. The van der Waals surface area contributed by atoms with Gasteiger partial charge in [-0.2, -0.15) is 0 Å². The van der Waals surface area contributed by atoms with Crippen LogP contribution in [-0.2, 0) is 0 Å². The summed E-state index contributed by atoms with van der Waals surface area (Å²) in [5, 5.41) is 4.65. The van der Waals surface area contributed by atoms with Crippen LogP contribution >= 0.6 is 0 Å². The lowest BCUT2D eigenvalue weighted by atomic mass is 9.95. The van der Waals surface area contributed by atoms with Crippen molar-refractivity contribution in [2.45, 2.75) is 6.17 Å². The Morgan fingerprint density at radius 3 is 1.65 bits per heavy atom. The SMILES string of the molecule is NC(N)c1c2ccccc2cc2ccccc12. The minimum atomic E-state index is -0.453. The van der Waals surface area contributed by atoms with Gasteiger partial charge < -0.3 is 11.5 Å². The molecule has 3 rings (SSSR count). The Kier molecular flexibility index (Phi) is 2.32. The average Bonchev–Trinajstić information content (AvgIpc) is 2.35. The van der Waals surface area contributed by atoms with Crippen LogP contribution in [0.1, 0.15) is 11.7 Å². The standard InChI is InChI=1S/C15H14N2/c16-15(17)14-12-7-3-1-5-10(12)9-11-6-2-4-8-13(11)14/h1-9,15H,16-17H2. The highest BCUT2D eigenvalue weighted by atomic mass is 14.8. The minimum absolute atomic E-state index is 0.453. The third-order valence-corrected chi connectivity index (χ3v) is 3.15. The molecule has 0 atom stereocenters. The molecule has 17 heavy (non-hydrogen) atoms. The first-order chi connectivity index (χ1) is 8.27. The highest BCUT2D eigenvalue weighted by Gasteiger charge is 2.10. The fourth-order valence-corrected chi connectivity index (χ4v) is 2.41. The second kappa shape index (κ2) is 3.84. The molecule has 0 aliphatic carbocycles. The van der Waals surface area contributed by atoms with Crippen LogP contribution in [0.15, 0.2) is 54.6 Å². The Hall–Kier alpha value is -1.90. The van der Waals surface area contributed by atoms with Crippen molar-refractivity contribution in [3.8, 4) is 0 Å². The van der Waals surface area contributed by atoms with Crippen molar-refractivity contribution in [2.24, 2.45) is 11.5 Å². The first-order valence-electron chi connectivity index (χ1n) is 5.69. The summed E-state index contributed by atoms with van der Waals surface area (Å²) in [4.78, 5) is 0. The Morgan fingerprint density at radius 1 is 0.706 bits per heavy atom. The molecule has 0 saturated heterocycles. The van der Waals surface area contributed by atoms with Crippen LogP contribution in [0, 0.1) is 0 Å². The van der Waals surface area contributed by atoms with Gasteiger partial charge in [0.1, 0.15) is 0 Å². The van der Waals surface area contributed by atoms with E-state index in [4.69, 9.17) is 11.5 Å². The summed E-state index contributed by atoms with van der Waals surface area (Å²) in [5.74, 6) is 0. The van der Waals surface area contributed by atoms with Gasteiger partial charge in [-0.05, 0) is 33.2 Å². The lowest BCUT2D eigenvalue weighted by Gasteiger charge is -2.14. The second-order valence-electron chi connectivity index (χ2n) is 4.26. The summed E-state index contributed by atoms with van der Waals surface area (Å²) in [5.41, 5.74) is 12.9. The van der Waals surface area contributed by atoms with Gasteiger partial charge in [0.25, 0.3) is 0 Å². The van der Waals surface area contributed by atoms with Crippen molar-refractivity contribution < 1.29 is 0 Å². The summed E-state index contributed by atoms with van der Waals surface area (Å²) in [6.07, 6.45) is -0.453. The molecule has 3 aromatic carbocycles. The third-order valence-electron chi connectivity index (χ3n) is 3.15. The molecule has 2 nitrogen and oxygen atoms in total. The Bertz CT molecular complexity index is 633. The van der Waals surface area contributed by atoms with Crippen molar-refractivity contribution in [3.05, 3.63) is 60.2 Å². The molecule has 2 heteroatoms. The number of nitrogens with two attached hydrogens (primary N) is 2. The zero-order valence-electron chi connectivity index (χ0n) is 9.43. The van der Waals surface area contributed by atoms with Crippen LogP contribution in [0.4, 0.5) is 0 Å². The van der Waals surface area contributed by atoms with Crippen LogP contribution in [0.5, 0.6) is 0 Å². The van der Waals surface area contributed by atoms with Crippen LogP contribution in [0.3, 0.4) is 0 Å². The van der Waals surface area contributed by atoms with Gasteiger partial charge >= 0.3 is 0 Å². The molecule has 0 aromatic heterocycles. The summed E-state index contributed by atoms with van der Waals surface area (Å²) in [7, 11) is 0. The summed E-state index contributed by atoms with van der Waals surface area (Å²) >= 11 is 0. The van der Waals surface area contributed by atoms with Gasteiger partial charge in [0.05, 0.1) is 6.17 Å². The Labute approximate surface area is 99.8 Å². The first-order valence-corrected chi connectivity index (χ1v) is 5.69. The van der Waals surface area contributed by atoms with Crippen molar-refractivity contribution in [1.29, 1.82) is 0 Å². The van der Waals surface area contributed by atoms with Gasteiger partial charge in [-0.1, -0.05) is 48.5 Å². The number of hydrogen-bond donors (Lipinski definition) is 2. The molecule has 0 radical (unpaired) electrons. The normalized spacial score (nSPS) is 11.5. The maximum atomic E-state index is 5.92. The summed E-state index contributed by atoms with van der Waals surface area (Å²) in [6.45, 7) is 0. The van der Waals surface area contributed by atoms with E-state index in [1.165, 1.54) is 10.8 Å². The Balaban J connectivity index is 2.56. The average molecular weight is 222 g/mol. The van der Waals surface area contributed by atoms with Crippen LogP contribution in [0.25, 0.3) is 21.5 Å². The number of fused-ring (bicyclic) bond motifs is 2. The topological polar surface area (TPSA) is 52.0 Å². The number of benzene rings is 3. The van der Waals surface area contributed by atoms with Gasteiger partial charge in [-0.25, -0.2) is 0 Å². The Morgan fingerprint density at radius 2 is 1.18 bits per heavy atom. The highest BCUT2D eigenvalue weighted by molar-refractivity contribution is 6.02. The van der Waals surface area contributed by atoms with E-state index in [-0.39, 0.29) is 0 Å². The fourth-order valence-electron chi connectivity index (χ4n) is 2.41. The first kappa shape index (κ1) is 10.3. The number of hydrogen-bond acceptors (Lipinski definition) is 2. The molecule has 0 saturated carbocycles. The van der Waals surface area contributed by atoms with Crippen molar-refractivity contribution >= 4 is 21.5 Å². The van der Waals surface area contributed by atoms with Gasteiger partial charge in [0.15, 0.2) is 0 Å². The zero-order valence-corrected chi connectivity index (χ0v) is 9.43. The molecule has 84 valence electrons. The van der Waals surface area contributed by atoms with Crippen LogP contribution in [0.2, 0.25) is 0 Å². The molecule has 4 N–H and O–H groups in total. The molecular formula is C15H14N2. The quantitative estimate of drug-likeness (QED) is 0.491. The predicted molar refractivity (Wildman–Crippen MR) is 72.6 cm³/mol. The van der Waals surface area contributed by atoms with Gasteiger partial charge in [-0.3, -0.25) is 0 Å². The van der Waals surface area contributed by atoms with Gasteiger partial charge in [0.2, 0.25) is 0 Å². The molecule has 0 aliphatic rings. The van der Waals surface area contributed by atoms with Crippen molar-refractivity contribution in [2.75, 3.05) is 0 Å². The molecule has 0 fully saturated rings. The molecule has 3 aromatic rings. The maximum Gasteiger partial charge on any atom is 0.0796 e. The highest BCUT2D eigenvalue weighted by Crippen LogP contribution is 2.30. The van der Waals surface area contributed by atoms with E-state index in [1.807, 2.05) is 24.3 Å². The summed E-state index contributed by atoms with van der Waals surface area (Å²) in [6, 6.07) is 18.6. The lowest BCUT2D eigenvalue weighted by Crippen LogP contribution is -2.20. The van der Waals surface area contributed by atoms with E-state index >= 15 is 0 Å². The van der Waals surface area contributed by atoms with Crippen molar-refractivity contribution in [3.63, 3.8) is 0 Å². The molecule has 0 bridgehead atoms. The van der Waals surface area contributed by atoms with E-state index < -0.39 is 6.17 Å². The van der Waals surface area contributed by atoms with E-state index in [0.717, 1.165) is 16.3 Å². The molecule has 0 spiro atoms. The smallest absolute Gasteiger partial charge is 0.0796 e. The summed E-state index contributed by atoms with van der Waals surface area (Å²) < 4.78 is 0. The third kappa shape index (κ3) is 1.58.